The lowest BCUT2D eigenvalue weighted by Gasteiger charge is -2.38. The van der Waals surface area contributed by atoms with E-state index in [0.717, 1.165) is 6.54 Å². The van der Waals surface area contributed by atoms with Crippen molar-refractivity contribution in [2.75, 3.05) is 33.2 Å². The van der Waals surface area contributed by atoms with E-state index in [2.05, 4.69) is 37.6 Å². The van der Waals surface area contributed by atoms with Gasteiger partial charge in [-0.1, -0.05) is 20.8 Å². The van der Waals surface area contributed by atoms with Gasteiger partial charge in [-0.15, -0.1) is 0 Å². The average Bonchev–Trinajstić information content (AvgIpc) is 2.41. The second kappa shape index (κ2) is 6.58. The van der Waals surface area contributed by atoms with E-state index in [-0.39, 0.29) is 0 Å². The number of likely N-dealkylation sites (N-methyl/N-ethyl adjacent to an activating group) is 1. The van der Waals surface area contributed by atoms with Crippen LogP contribution in [0.1, 0.15) is 33.6 Å². The lowest BCUT2D eigenvalue weighted by molar-refractivity contribution is 0.103. The summed E-state index contributed by atoms with van der Waals surface area (Å²) in [5.74, 6) is 0.655. The molecule has 3 nitrogen and oxygen atoms in total. The van der Waals surface area contributed by atoms with Gasteiger partial charge in [0.1, 0.15) is 0 Å². The molecule has 1 aliphatic rings. The zero-order chi connectivity index (χ0) is 12.1. The number of hydrogen-bond acceptors (Lipinski definition) is 3. The van der Waals surface area contributed by atoms with Gasteiger partial charge in [-0.3, -0.25) is 4.90 Å². The van der Waals surface area contributed by atoms with Crippen molar-refractivity contribution in [1.82, 2.24) is 9.80 Å². The summed E-state index contributed by atoms with van der Waals surface area (Å²) in [6.07, 6.45) is 2.50. The van der Waals surface area contributed by atoms with Crippen LogP contribution in [-0.2, 0) is 0 Å². The van der Waals surface area contributed by atoms with Crippen LogP contribution in [0.2, 0.25) is 0 Å². The molecular formula is C13H29N3. The maximum Gasteiger partial charge on any atom is 0.0244 e. The Labute approximate surface area is 101 Å². The highest BCUT2D eigenvalue weighted by atomic mass is 15.3. The minimum atomic E-state index is 0.552. The Morgan fingerprint density at radius 1 is 1.31 bits per heavy atom. The predicted molar refractivity (Wildman–Crippen MR) is 70.6 cm³/mol. The van der Waals surface area contributed by atoms with Crippen LogP contribution in [0, 0.1) is 5.92 Å². The highest BCUT2D eigenvalue weighted by Crippen LogP contribution is 2.19. The highest BCUT2D eigenvalue weighted by molar-refractivity contribution is 4.85. The van der Waals surface area contributed by atoms with Gasteiger partial charge in [0.25, 0.3) is 0 Å². The van der Waals surface area contributed by atoms with E-state index >= 15 is 0 Å². The van der Waals surface area contributed by atoms with Crippen LogP contribution in [-0.4, -0.2) is 55.1 Å². The maximum absolute atomic E-state index is 5.95. The topological polar surface area (TPSA) is 32.5 Å². The molecule has 1 saturated heterocycles. The molecule has 1 heterocycles. The third-order valence-corrected chi connectivity index (χ3v) is 3.86. The Kier molecular flexibility index (Phi) is 5.73. The Morgan fingerprint density at radius 2 is 2.00 bits per heavy atom. The molecule has 0 aliphatic carbocycles. The quantitative estimate of drug-likeness (QED) is 0.788. The van der Waals surface area contributed by atoms with E-state index in [1.54, 1.807) is 0 Å². The van der Waals surface area contributed by atoms with Crippen molar-refractivity contribution in [1.29, 1.82) is 0 Å². The normalized spacial score (nSPS) is 27.0. The lowest BCUT2D eigenvalue weighted by Crippen LogP contribution is -2.51. The van der Waals surface area contributed by atoms with Gasteiger partial charge in [-0.25, -0.2) is 0 Å². The van der Waals surface area contributed by atoms with Crippen LogP contribution in [0.4, 0.5) is 0 Å². The summed E-state index contributed by atoms with van der Waals surface area (Å²) in [4.78, 5) is 5.12. The fraction of sp³-hybridized carbons (Fsp3) is 1.00. The zero-order valence-electron chi connectivity index (χ0n) is 11.4. The Bertz CT molecular complexity index is 194. The zero-order valence-corrected chi connectivity index (χ0v) is 11.4. The molecule has 0 bridgehead atoms. The van der Waals surface area contributed by atoms with E-state index in [1.165, 1.54) is 32.5 Å². The third kappa shape index (κ3) is 3.44. The van der Waals surface area contributed by atoms with Crippen molar-refractivity contribution >= 4 is 0 Å². The van der Waals surface area contributed by atoms with Gasteiger partial charge in [0.2, 0.25) is 0 Å². The van der Waals surface area contributed by atoms with Gasteiger partial charge < -0.3 is 10.6 Å². The van der Waals surface area contributed by atoms with Crippen LogP contribution in [0.15, 0.2) is 0 Å². The van der Waals surface area contributed by atoms with E-state index in [0.29, 0.717) is 18.0 Å². The molecule has 0 spiro atoms. The van der Waals surface area contributed by atoms with Crippen molar-refractivity contribution in [3.63, 3.8) is 0 Å². The number of nitrogens with two attached hydrogens (primary N) is 1. The molecule has 3 heteroatoms. The molecule has 2 atom stereocenters. The van der Waals surface area contributed by atoms with Gasteiger partial charge in [0.15, 0.2) is 0 Å². The molecule has 1 aliphatic heterocycles. The van der Waals surface area contributed by atoms with Crippen LogP contribution in [0.3, 0.4) is 0 Å². The van der Waals surface area contributed by atoms with E-state index in [1.807, 2.05) is 0 Å². The molecule has 16 heavy (non-hydrogen) atoms. The standard InChI is InChI=1S/C13H29N3/c1-5-12-10-15(4)7-6-8-16(12)13(9-14)11(2)3/h11-13H,5-10,14H2,1-4H3. The fourth-order valence-corrected chi connectivity index (χ4v) is 2.85. The Balaban J connectivity index is 2.73. The van der Waals surface area contributed by atoms with Crippen molar-refractivity contribution < 1.29 is 0 Å². The van der Waals surface area contributed by atoms with E-state index in [4.69, 9.17) is 5.73 Å². The molecule has 0 radical (unpaired) electrons. The first-order chi connectivity index (χ1) is 7.60. The fourth-order valence-electron chi connectivity index (χ4n) is 2.85. The molecule has 1 fully saturated rings. The van der Waals surface area contributed by atoms with Gasteiger partial charge >= 0.3 is 0 Å². The molecule has 0 aromatic carbocycles. The summed E-state index contributed by atoms with van der Waals surface area (Å²) < 4.78 is 0. The van der Waals surface area contributed by atoms with Crippen molar-refractivity contribution in [2.24, 2.45) is 11.7 Å². The van der Waals surface area contributed by atoms with Gasteiger partial charge in [0, 0.05) is 31.7 Å². The van der Waals surface area contributed by atoms with Crippen LogP contribution in [0.25, 0.3) is 0 Å². The predicted octanol–water partition coefficient (Wildman–Crippen LogP) is 1.39. The highest BCUT2D eigenvalue weighted by Gasteiger charge is 2.28. The molecule has 1 rings (SSSR count). The van der Waals surface area contributed by atoms with Crippen LogP contribution < -0.4 is 5.73 Å². The van der Waals surface area contributed by atoms with Crippen LogP contribution >= 0.6 is 0 Å². The van der Waals surface area contributed by atoms with E-state index in [9.17, 15) is 0 Å². The maximum atomic E-state index is 5.95. The molecule has 0 amide bonds. The van der Waals surface area contributed by atoms with Gasteiger partial charge in [-0.05, 0) is 32.4 Å². The summed E-state index contributed by atoms with van der Waals surface area (Å²) >= 11 is 0. The summed E-state index contributed by atoms with van der Waals surface area (Å²) in [6.45, 7) is 11.3. The number of rotatable bonds is 4. The molecular weight excluding hydrogens is 198 g/mol. The first-order valence-corrected chi connectivity index (χ1v) is 6.74. The molecule has 2 unspecified atom stereocenters. The Morgan fingerprint density at radius 3 is 2.50 bits per heavy atom. The van der Waals surface area contributed by atoms with Crippen LogP contribution in [0.5, 0.6) is 0 Å². The largest absolute Gasteiger partial charge is 0.329 e. The Hall–Kier alpha value is -0.120. The molecule has 0 aromatic rings. The average molecular weight is 227 g/mol. The lowest BCUT2D eigenvalue weighted by atomic mass is 9.99. The molecule has 0 saturated carbocycles. The second-order valence-electron chi connectivity index (χ2n) is 5.46. The van der Waals surface area contributed by atoms with Crippen molar-refractivity contribution in [2.45, 2.75) is 45.7 Å². The molecule has 0 aromatic heterocycles. The third-order valence-electron chi connectivity index (χ3n) is 3.86. The first-order valence-electron chi connectivity index (χ1n) is 6.74. The number of hydrogen-bond donors (Lipinski definition) is 1. The summed E-state index contributed by atoms with van der Waals surface area (Å²) in [5, 5.41) is 0. The van der Waals surface area contributed by atoms with Gasteiger partial charge in [0.05, 0.1) is 0 Å². The number of nitrogens with zero attached hydrogens (tertiary/aromatic N) is 2. The first kappa shape index (κ1) is 13.9. The summed E-state index contributed by atoms with van der Waals surface area (Å²) in [7, 11) is 2.24. The second-order valence-corrected chi connectivity index (χ2v) is 5.46. The minimum Gasteiger partial charge on any atom is -0.329 e. The smallest absolute Gasteiger partial charge is 0.0244 e. The van der Waals surface area contributed by atoms with Crippen molar-refractivity contribution in [3.8, 4) is 0 Å². The molecule has 2 N–H and O–H groups in total. The molecule has 96 valence electrons. The van der Waals surface area contributed by atoms with Gasteiger partial charge in [-0.2, -0.15) is 0 Å². The minimum absolute atomic E-state index is 0.552. The van der Waals surface area contributed by atoms with Crippen molar-refractivity contribution in [3.05, 3.63) is 0 Å². The monoisotopic (exact) mass is 227 g/mol. The SMILES string of the molecule is CCC1CN(C)CCCN1C(CN)C(C)C. The summed E-state index contributed by atoms with van der Waals surface area (Å²) in [6, 6.07) is 1.24. The van der Waals surface area contributed by atoms with E-state index < -0.39 is 0 Å². The summed E-state index contributed by atoms with van der Waals surface area (Å²) in [5.41, 5.74) is 5.95.